The van der Waals surface area contributed by atoms with E-state index in [4.69, 9.17) is 28.4 Å². The van der Waals surface area contributed by atoms with Crippen LogP contribution in [0, 0.1) is 0 Å². The lowest BCUT2D eigenvalue weighted by molar-refractivity contribution is -0.161. The van der Waals surface area contributed by atoms with Crippen LogP contribution in [0.15, 0.2) is 0 Å². The Labute approximate surface area is 381 Å². The second kappa shape index (κ2) is 45.4. The number of hydrogen-bond acceptors (Lipinski definition) is 10. The zero-order valence-corrected chi connectivity index (χ0v) is 41.3. The minimum atomic E-state index is -0.290. The van der Waals surface area contributed by atoms with Crippen LogP contribution in [0.2, 0.25) is 0 Å². The van der Waals surface area contributed by atoms with E-state index in [1.54, 1.807) is 0 Å². The molecule has 4 atom stereocenters. The molecular formula is C52H98O10. The maximum Gasteiger partial charge on any atom is 0.306 e. The van der Waals surface area contributed by atoms with Crippen molar-refractivity contribution in [3.8, 4) is 0 Å². The molecule has 0 saturated heterocycles. The Morgan fingerprint density at radius 1 is 0.306 bits per heavy atom. The molecule has 0 aliphatic rings. The average Bonchev–Trinajstić information content (AvgIpc) is 3.27. The standard InChI is InChI=1S/C52H98O10/c1-7-11-15-17-21-27-35-45(59-43-13-9-3)48(38-30-24-20-26-32-40-50(54)58-6)62-52(56)42-34-33-41-51(55)61-47(37-29-22-18-16-12-8-2)46(60-44-14-10-4)36-28-23-19-25-31-39-49(53)57-5/h45-48H,7-44H2,1-6H3. The predicted octanol–water partition coefficient (Wildman–Crippen LogP) is 14.0. The van der Waals surface area contributed by atoms with Crippen molar-refractivity contribution in [2.24, 2.45) is 0 Å². The predicted molar refractivity (Wildman–Crippen MR) is 252 cm³/mol. The number of rotatable bonds is 47. The van der Waals surface area contributed by atoms with Crippen LogP contribution in [-0.2, 0) is 47.6 Å². The molecule has 0 heterocycles. The van der Waals surface area contributed by atoms with E-state index in [1.165, 1.54) is 65.6 Å². The molecule has 0 aromatic heterocycles. The quantitative estimate of drug-likeness (QED) is 0.0331. The molecule has 62 heavy (non-hydrogen) atoms. The van der Waals surface area contributed by atoms with E-state index in [0.29, 0.717) is 38.9 Å². The summed E-state index contributed by atoms with van der Waals surface area (Å²) in [7, 11) is 2.87. The monoisotopic (exact) mass is 883 g/mol. The van der Waals surface area contributed by atoms with Crippen molar-refractivity contribution in [1.29, 1.82) is 0 Å². The molecule has 366 valence electrons. The first-order chi connectivity index (χ1) is 30.3. The topological polar surface area (TPSA) is 124 Å². The van der Waals surface area contributed by atoms with Gasteiger partial charge in [0.15, 0.2) is 0 Å². The number of ether oxygens (including phenoxy) is 6. The number of esters is 4. The number of methoxy groups -OCH3 is 2. The highest BCUT2D eigenvalue weighted by Gasteiger charge is 2.27. The van der Waals surface area contributed by atoms with Gasteiger partial charge < -0.3 is 28.4 Å². The first-order valence-electron chi connectivity index (χ1n) is 26.0. The van der Waals surface area contributed by atoms with Crippen LogP contribution in [-0.4, -0.2) is 75.7 Å². The van der Waals surface area contributed by atoms with Crippen LogP contribution < -0.4 is 0 Å². The van der Waals surface area contributed by atoms with Crippen molar-refractivity contribution in [2.75, 3.05) is 27.4 Å². The van der Waals surface area contributed by atoms with E-state index in [-0.39, 0.29) is 61.1 Å². The third-order valence-corrected chi connectivity index (χ3v) is 11.9. The summed E-state index contributed by atoms with van der Waals surface area (Å²) in [5.74, 6) is -0.742. The van der Waals surface area contributed by atoms with Crippen molar-refractivity contribution in [2.45, 2.75) is 283 Å². The highest BCUT2D eigenvalue weighted by molar-refractivity contribution is 5.71. The van der Waals surface area contributed by atoms with Gasteiger partial charge in [0, 0.05) is 38.9 Å². The van der Waals surface area contributed by atoms with Gasteiger partial charge in [-0.1, -0.05) is 156 Å². The van der Waals surface area contributed by atoms with Crippen LogP contribution in [0.4, 0.5) is 0 Å². The van der Waals surface area contributed by atoms with Crippen molar-refractivity contribution in [3.63, 3.8) is 0 Å². The molecule has 4 unspecified atom stereocenters. The van der Waals surface area contributed by atoms with Gasteiger partial charge in [0.1, 0.15) is 12.2 Å². The minimum absolute atomic E-state index is 0.117. The summed E-state index contributed by atoms with van der Waals surface area (Å²) in [4.78, 5) is 49.8. The Kier molecular flexibility index (Phi) is 43.8. The Morgan fingerprint density at radius 2 is 0.565 bits per heavy atom. The fourth-order valence-electron chi connectivity index (χ4n) is 7.89. The molecule has 0 bridgehead atoms. The molecule has 0 spiro atoms. The van der Waals surface area contributed by atoms with Gasteiger partial charge in [0.05, 0.1) is 26.4 Å². The smallest absolute Gasteiger partial charge is 0.306 e. The summed E-state index contributed by atoms with van der Waals surface area (Å²) in [6.07, 6.45) is 33.0. The SMILES string of the molecule is CCCCCCCCC(OCCCC)C(CCCCCCCC(=O)OC)OC(=O)CCCCC(=O)OC(CCCCCCCC)C(CCCCCCCC(=O)OC)OCCCC. The molecule has 0 aromatic carbocycles. The number of carbonyl (C=O) groups is 4. The summed E-state index contributed by atoms with van der Waals surface area (Å²) in [6.45, 7) is 10.1. The summed E-state index contributed by atoms with van der Waals surface area (Å²) >= 11 is 0. The number of unbranched alkanes of at least 4 members (excludes halogenated alkanes) is 21. The Balaban J connectivity index is 5.43. The van der Waals surface area contributed by atoms with Gasteiger partial charge in [0.25, 0.3) is 0 Å². The molecule has 0 rings (SSSR count). The van der Waals surface area contributed by atoms with Gasteiger partial charge in [0.2, 0.25) is 0 Å². The largest absolute Gasteiger partial charge is 0.469 e. The highest BCUT2D eigenvalue weighted by atomic mass is 16.6. The average molecular weight is 883 g/mol. The number of carbonyl (C=O) groups excluding carboxylic acids is 4. The molecule has 0 amide bonds. The van der Waals surface area contributed by atoms with Gasteiger partial charge in [-0.15, -0.1) is 0 Å². The van der Waals surface area contributed by atoms with Gasteiger partial charge in [-0.25, -0.2) is 0 Å². The van der Waals surface area contributed by atoms with E-state index in [1.807, 2.05) is 0 Å². The minimum Gasteiger partial charge on any atom is -0.469 e. The Bertz CT molecular complexity index is 1040. The molecule has 0 aliphatic heterocycles. The molecular weight excluding hydrogens is 785 g/mol. The van der Waals surface area contributed by atoms with Crippen LogP contribution in [0.1, 0.15) is 259 Å². The maximum absolute atomic E-state index is 13.4. The molecule has 10 heteroatoms. The molecule has 0 saturated carbocycles. The molecule has 0 radical (unpaired) electrons. The lowest BCUT2D eigenvalue weighted by Crippen LogP contribution is -2.34. The summed E-state index contributed by atoms with van der Waals surface area (Å²) in [5.41, 5.74) is 0. The van der Waals surface area contributed by atoms with E-state index in [9.17, 15) is 19.2 Å². The molecule has 10 nitrogen and oxygen atoms in total. The molecule has 0 aliphatic carbocycles. The van der Waals surface area contributed by atoms with Gasteiger partial charge >= 0.3 is 23.9 Å². The normalized spacial score (nSPS) is 13.3. The summed E-state index contributed by atoms with van der Waals surface area (Å²) in [6, 6.07) is 0. The van der Waals surface area contributed by atoms with Crippen molar-refractivity contribution >= 4 is 23.9 Å². The number of hydrogen-bond donors (Lipinski definition) is 0. The second-order valence-corrected chi connectivity index (χ2v) is 17.7. The van der Waals surface area contributed by atoms with E-state index >= 15 is 0 Å². The van der Waals surface area contributed by atoms with Gasteiger partial charge in [-0.05, 0) is 77.0 Å². The highest BCUT2D eigenvalue weighted by Crippen LogP contribution is 2.24. The van der Waals surface area contributed by atoms with Crippen LogP contribution >= 0.6 is 0 Å². The molecule has 0 N–H and O–H groups in total. The Morgan fingerprint density at radius 3 is 0.887 bits per heavy atom. The van der Waals surface area contributed by atoms with E-state index < -0.39 is 0 Å². The zero-order valence-electron chi connectivity index (χ0n) is 41.3. The van der Waals surface area contributed by atoms with E-state index in [0.717, 1.165) is 141 Å². The first kappa shape index (κ1) is 59.8. The lowest BCUT2D eigenvalue weighted by atomic mass is 9.99. The Hall–Kier alpha value is -2.20. The lowest BCUT2D eigenvalue weighted by Gasteiger charge is -2.28. The van der Waals surface area contributed by atoms with Gasteiger partial charge in [-0.3, -0.25) is 19.2 Å². The van der Waals surface area contributed by atoms with Gasteiger partial charge in [-0.2, -0.15) is 0 Å². The zero-order chi connectivity index (χ0) is 45.7. The molecule has 0 aromatic rings. The molecule has 0 fully saturated rings. The van der Waals surface area contributed by atoms with E-state index in [2.05, 4.69) is 27.7 Å². The van der Waals surface area contributed by atoms with Crippen molar-refractivity contribution < 1.29 is 47.6 Å². The first-order valence-corrected chi connectivity index (χ1v) is 26.0. The van der Waals surface area contributed by atoms with Crippen LogP contribution in [0.25, 0.3) is 0 Å². The van der Waals surface area contributed by atoms with Crippen molar-refractivity contribution in [3.05, 3.63) is 0 Å². The summed E-state index contributed by atoms with van der Waals surface area (Å²) < 4.78 is 34.9. The third kappa shape index (κ3) is 37.2. The maximum atomic E-state index is 13.4. The van der Waals surface area contributed by atoms with Crippen LogP contribution in [0.5, 0.6) is 0 Å². The third-order valence-electron chi connectivity index (χ3n) is 11.9. The fourth-order valence-corrected chi connectivity index (χ4v) is 7.89. The van der Waals surface area contributed by atoms with Crippen molar-refractivity contribution in [1.82, 2.24) is 0 Å². The fraction of sp³-hybridized carbons (Fsp3) is 0.923. The van der Waals surface area contributed by atoms with Crippen LogP contribution in [0.3, 0.4) is 0 Å². The second-order valence-electron chi connectivity index (χ2n) is 17.7. The summed E-state index contributed by atoms with van der Waals surface area (Å²) in [5, 5.41) is 0.